The Kier molecular flexibility index (Phi) is 4.54. The third kappa shape index (κ3) is 3.09. The lowest BCUT2D eigenvalue weighted by atomic mass is 10.2. The molecule has 0 aliphatic carbocycles. The Morgan fingerprint density at radius 2 is 1.83 bits per heavy atom. The van der Waals surface area contributed by atoms with E-state index in [-0.39, 0.29) is 5.56 Å². The molecule has 2 aromatic heterocycles. The molecule has 1 aliphatic heterocycles. The van der Waals surface area contributed by atoms with Crippen LogP contribution >= 0.6 is 12.2 Å². The van der Waals surface area contributed by atoms with Gasteiger partial charge in [-0.3, -0.25) is 9.20 Å². The Hall–Kier alpha value is -2.81. The number of hydrogen-bond acceptors (Lipinski definition) is 4. The van der Waals surface area contributed by atoms with Crippen molar-refractivity contribution >= 4 is 28.9 Å². The van der Waals surface area contributed by atoms with Gasteiger partial charge in [0.1, 0.15) is 13.1 Å². The summed E-state index contributed by atoms with van der Waals surface area (Å²) in [5.74, 6) is 0.537. The molecular weight excluding hydrogens is 386 g/mol. The summed E-state index contributed by atoms with van der Waals surface area (Å²) in [7, 11) is 0. The molecule has 1 saturated heterocycles. The van der Waals surface area contributed by atoms with E-state index in [2.05, 4.69) is 0 Å². The fourth-order valence-electron chi connectivity index (χ4n) is 3.87. The largest absolute Gasteiger partial charge is 0.370 e. The number of benzene rings is 2. The zero-order chi connectivity index (χ0) is 20.0. The standard InChI is InChI=1S/C21H21N5O2S/c1-15-6-8-16(9-7-15)25-19(27)17-4-2-3-5-18(17)26-20(25)22-24(21(26)29)14-23-10-12-28-13-11-23/h2-9H,10-14H2,1H3/p+1. The summed E-state index contributed by atoms with van der Waals surface area (Å²) < 4.78 is 11.5. The van der Waals surface area contributed by atoms with Gasteiger partial charge in [-0.1, -0.05) is 29.8 Å². The van der Waals surface area contributed by atoms with Crippen LogP contribution < -0.4 is 10.5 Å². The van der Waals surface area contributed by atoms with Crippen molar-refractivity contribution in [3.63, 3.8) is 0 Å². The van der Waals surface area contributed by atoms with Crippen molar-refractivity contribution in [1.82, 2.24) is 18.7 Å². The van der Waals surface area contributed by atoms with E-state index >= 15 is 0 Å². The first-order chi connectivity index (χ1) is 14.1. The third-order valence-corrected chi connectivity index (χ3v) is 5.86. The molecule has 0 spiro atoms. The molecule has 0 saturated carbocycles. The first-order valence-electron chi connectivity index (χ1n) is 9.75. The number of quaternary nitrogens is 1. The van der Waals surface area contributed by atoms with E-state index in [1.165, 1.54) is 4.90 Å². The second-order valence-corrected chi connectivity index (χ2v) is 7.80. The van der Waals surface area contributed by atoms with Gasteiger partial charge < -0.3 is 9.64 Å². The molecule has 7 nitrogen and oxygen atoms in total. The summed E-state index contributed by atoms with van der Waals surface area (Å²) >= 11 is 5.80. The van der Waals surface area contributed by atoms with Crippen molar-refractivity contribution in [2.24, 2.45) is 0 Å². The van der Waals surface area contributed by atoms with E-state index in [1.54, 1.807) is 4.57 Å². The van der Waals surface area contributed by atoms with Crippen LogP contribution in [0.2, 0.25) is 0 Å². The highest BCUT2D eigenvalue weighted by Gasteiger charge is 2.20. The maximum Gasteiger partial charge on any atom is 0.267 e. The van der Waals surface area contributed by atoms with Crippen molar-refractivity contribution in [2.45, 2.75) is 13.6 Å². The van der Waals surface area contributed by atoms with Gasteiger partial charge in [-0.25, -0.2) is 4.57 Å². The SMILES string of the molecule is Cc1ccc(-n2c(=O)c3ccccc3n3c(=S)n(C[NH+]4CCOCC4)nc23)cc1. The number of morpholine rings is 1. The third-order valence-electron chi connectivity index (χ3n) is 5.47. The molecule has 5 rings (SSSR count). The van der Waals surface area contributed by atoms with E-state index in [0.717, 1.165) is 43.1 Å². The molecule has 0 atom stereocenters. The lowest BCUT2D eigenvalue weighted by Gasteiger charge is -2.23. The van der Waals surface area contributed by atoms with Gasteiger partial charge in [-0.05, 0) is 43.4 Å². The van der Waals surface area contributed by atoms with Gasteiger partial charge >= 0.3 is 0 Å². The second-order valence-electron chi connectivity index (χ2n) is 7.43. The van der Waals surface area contributed by atoms with E-state index in [4.69, 9.17) is 22.1 Å². The lowest BCUT2D eigenvalue weighted by molar-refractivity contribution is -0.930. The average Bonchev–Trinajstić information content (AvgIpc) is 3.06. The predicted molar refractivity (Wildman–Crippen MR) is 113 cm³/mol. The number of aryl methyl sites for hydroxylation is 1. The van der Waals surface area contributed by atoms with Crippen LogP contribution in [0, 0.1) is 11.7 Å². The molecule has 1 aliphatic rings. The second kappa shape index (κ2) is 7.22. The first kappa shape index (κ1) is 18.2. The van der Waals surface area contributed by atoms with Crippen molar-refractivity contribution in [3.8, 4) is 5.69 Å². The lowest BCUT2D eigenvalue weighted by Crippen LogP contribution is -3.13. The maximum atomic E-state index is 13.4. The highest BCUT2D eigenvalue weighted by atomic mass is 32.1. The summed E-state index contributed by atoms with van der Waals surface area (Å²) in [6, 6.07) is 15.4. The summed E-state index contributed by atoms with van der Waals surface area (Å²) in [4.78, 5) is 14.7. The molecule has 4 aromatic rings. The minimum absolute atomic E-state index is 0.0946. The van der Waals surface area contributed by atoms with Gasteiger partial charge in [0, 0.05) is 0 Å². The highest BCUT2D eigenvalue weighted by Crippen LogP contribution is 2.17. The first-order valence-corrected chi connectivity index (χ1v) is 10.2. The molecule has 8 heteroatoms. The molecule has 1 fully saturated rings. The quantitative estimate of drug-likeness (QED) is 0.520. The molecule has 0 bridgehead atoms. The highest BCUT2D eigenvalue weighted by molar-refractivity contribution is 7.71. The summed E-state index contributed by atoms with van der Waals surface area (Å²) in [5.41, 5.74) is 2.60. The van der Waals surface area contributed by atoms with E-state index < -0.39 is 0 Å². The minimum Gasteiger partial charge on any atom is -0.370 e. The molecule has 0 radical (unpaired) electrons. The van der Waals surface area contributed by atoms with E-state index in [1.807, 2.05) is 64.5 Å². The van der Waals surface area contributed by atoms with Crippen LogP contribution in [0.3, 0.4) is 0 Å². The van der Waals surface area contributed by atoms with Crippen molar-refractivity contribution in [2.75, 3.05) is 26.3 Å². The summed E-state index contributed by atoms with van der Waals surface area (Å²) in [6.07, 6.45) is 0. The fraction of sp³-hybridized carbons (Fsp3) is 0.286. The van der Waals surface area contributed by atoms with Crippen LogP contribution in [0.5, 0.6) is 0 Å². The smallest absolute Gasteiger partial charge is 0.267 e. The minimum atomic E-state index is -0.0946. The fourth-order valence-corrected chi connectivity index (χ4v) is 4.16. The number of hydrogen-bond donors (Lipinski definition) is 1. The number of aromatic nitrogens is 4. The summed E-state index contributed by atoms with van der Waals surface area (Å²) in [6.45, 7) is 6.00. The number of nitrogens with one attached hydrogen (secondary N) is 1. The van der Waals surface area contributed by atoms with Gasteiger partial charge in [0.15, 0.2) is 6.67 Å². The van der Waals surface area contributed by atoms with Crippen LogP contribution in [0.15, 0.2) is 53.3 Å². The van der Waals surface area contributed by atoms with Crippen molar-refractivity contribution in [1.29, 1.82) is 0 Å². The van der Waals surface area contributed by atoms with Crippen LogP contribution in [-0.2, 0) is 11.4 Å². The Bertz CT molecular complexity index is 1310. The van der Waals surface area contributed by atoms with Gasteiger partial charge in [-0.15, -0.1) is 5.10 Å². The molecular formula is C21H22N5O2S+. The van der Waals surface area contributed by atoms with Gasteiger partial charge in [0.2, 0.25) is 10.5 Å². The molecule has 29 heavy (non-hydrogen) atoms. The van der Waals surface area contributed by atoms with Crippen molar-refractivity contribution < 1.29 is 9.64 Å². The van der Waals surface area contributed by atoms with Gasteiger partial charge in [-0.2, -0.15) is 4.68 Å². The molecule has 148 valence electrons. The zero-order valence-electron chi connectivity index (χ0n) is 16.2. The van der Waals surface area contributed by atoms with Crippen molar-refractivity contribution in [3.05, 3.63) is 69.2 Å². The molecule has 2 aromatic carbocycles. The average molecular weight is 409 g/mol. The Morgan fingerprint density at radius 1 is 1.10 bits per heavy atom. The molecule has 0 amide bonds. The molecule has 0 unspecified atom stereocenters. The Labute approximate surface area is 172 Å². The molecule has 1 N–H and O–H groups in total. The van der Waals surface area contributed by atoms with Crippen LogP contribution in [0.25, 0.3) is 22.4 Å². The number of rotatable bonds is 3. The van der Waals surface area contributed by atoms with Crippen LogP contribution in [0.1, 0.15) is 5.56 Å². The Morgan fingerprint density at radius 3 is 2.59 bits per heavy atom. The maximum absolute atomic E-state index is 13.4. The zero-order valence-corrected chi connectivity index (χ0v) is 17.0. The van der Waals surface area contributed by atoms with Gasteiger partial charge in [0.25, 0.3) is 5.56 Å². The van der Waals surface area contributed by atoms with Gasteiger partial charge in [0.05, 0.1) is 29.8 Å². The van der Waals surface area contributed by atoms with E-state index in [9.17, 15) is 4.79 Å². The number of ether oxygens (including phenoxy) is 1. The van der Waals surface area contributed by atoms with Crippen LogP contribution in [0.4, 0.5) is 0 Å². The van der Waals surface area contributed by atoms with Crippen LogP contribution in [-0.4, -0.2) is 45.1 Å². The number of fused-ring (bicyclic) bond motifs is 3. The van der Waals surface area contributed by atoms with E-state index in [0.29, 0.717) is 22.6 Å². The topological polar surface area (TPSA) is 57.9 Å². The Balaban J connectivity index is 1.79. The predicted octanol–water partition coefficient (Wildman–Crippen LogP) is 1.35. The monoisotopic (exact) mass is 408 g/mol. The number of nitrogens with zero attached hydrogens (tertiary/aromatic N) is 4. The molecule has 3 heterocycles. The number of para-hydroxylation sites is 1. The normalized spacial score (nSPS) is 15.3. The summed E-state index contributed by atoms with van der Waals surface area (Å²) in [5, 5.41) is 5.41.